The maximum absolute atomic E-state index is 12.1. The van der Waals surface area contributed by atoms with Gasteiger partial charge in [0, 0.05) is 5.92 Å². The van der Waals surface area contributed by atoms with Crippen LogP contribution < -0.4 is 0 Å². The van der Waals surface area contributed by atoms with Crippen molar-refractivity contribution in [1.82, 2.24) is 0 Å². The Labute approximate surface area is 127 Å². The van der Waals surface area contributed by atoms with Gasteiger partial charge in [-0.25, -0.2) is 0 Å². The highest BCUT2D eigenvalue weighted by molar-refractivity contribution is 7.86. The second kappa shape index (κ2) is 8.29. The smallest absolute Gasteiger partial charge is 0.297 e. The van der Waals surface area contributed by atoms with Gasteiger partial charge < -0.3 is 0 Å². The molecule has 4 nitrogen and oxygen atoms in total. The number of aryl methyl sites for hydroxylation is 1. The molecule has 0 aliphatic carbocycles. The largest absolute Gasteiger partial charge is 0.297 e. The number of carbonyl (C=O) groups excluding carboxylic acids is 1. The molecule has 118 valence electrons. The number of Topliss-reactive ketones (excluding diaryl/α,β-unsaturated/α-hetero) is 1. The molecule has 0 aliphatic rings. The Morgan fingerprint density at radius 3 is 2.10 bits per heavy atom. The van der Waals surface area contributed by atoms with Gasteiger partial charge in [0.25, 0.3) is 10.1 Å². The zero-order valence-corrected chi connectivity index (χ0v) is 13.8. The van der Waals surface area contributed by atoms with Crippen molar-refractivity contribution < 1.29 is 17.4 Å². The van der Waals surface area contributed by atoms with E-state index >= 15 is 0 Å². The van der Waals surface area contributed by atoms with E-state index in [0.717, 1.165) is 31.2 Å². The van der Waals surface area contributed by atoms with E-state index in [2.05, 4.69) is 0 Å². The average molecular weight is 312 g/mol. The molecule has 5 heteroatoms. The molecule has 0 radical (unpaired) electrons. The highest BCUT2D eigenvalue weighted by Gasteiger charge is 2.21. The second-order valence-corrected chi connectivity index (χ2v) is 6.89. The zero-order valence-electron chi connectivity index (χ0n) is 13.0. The molecule has 0 saturated carbocycles. The van der Waals surface area contributed by atoms with Crippen molar-refractivity contribution in [2.24, 2.45) is 5.92 Å². The molecule has 0 aliphatic heterocycles. The lowest BCUT2D eigenvalue weighted by atomic mass is 9.94. The summed E-state index contributed by atoms with van der Waals surface area (Å²) < 4.78 is 28.9. The summed E-state index contributed by atoms with van der Waals surface area (Å²) in [6.45, 7) is 5.53. The molecular formula is C16H24O4S. The minimum absolute atomic E-state index is 0.0865. The van der Waals surface area contributed by atoms with Crippen molar-refractivity contribution >= 4 is 15.9 Å². The topological polar surface area (TPSA) is 60.4 Å². The minimum Gasteiger partial charge on any atom is -0.297 e. The molecule has 21 heavy (non-hydrogen) atoms. The van der Waals surface area contributed by atoms with Gasteiger partial charge >= 0.3 is 0 Å². The zero-order chi connectivity index (χ0) is 15.9. The first kappa shape index (κ1) is 17.9. The first-order chi connectivity index (χ1) is 9.90. The van der Waals surface area contributed by atoms with Crippen molar-refractivity contribution in [1.29, 1.82) is 0 Å². The van der Waals surface area contributed by atoms with E-state index < -0.39 is 10.1 Å². The fraction of sp³-hybridized carbons (Fsp3) is 0.562. The maximum Gasteiger partial charge on any atom is 0.297 e. The van der Waals surface area contributed by atoms with Gasteiger partial charge in [-0.15, -0.1) is 0 Å². The average Bonchev–Trinajstić information content (AvgIpc) is 2.45. The SMILES string of the molecule is CCCC(CCC)C(=O)COS(=O)(=O)c1ccc(C)cc1. The van der Waals surface area contributed by atoms with Crippen LogP contribution in [0, 0.1) is 12.8 Å². The Hall–Kier alpha value is -1.20. The monoisotopic (exact) mass is 312 g/mol. The van der Waals surface area contributed by atoms with Crippen LogP contribution >= 0.6 is 0 Å². The van der Waals surface area contributed by atoms with E-state index in [1.807, 2.05) is 20.8 Å². The highest BCUT2D eigenvalue weighted by atomic mass is 32.2. The quantitative estimate of drug-likeness (QED) is 0.655. The summed E-state index contributed by atoms with van der Waals surface area (Å²) in [5, 5.41) is 0. The van der Waals surface area contributed by atoms with E-state index in [1.165, 1.54) is 12.1 Å². The predicted molar refractivity (Wildman–Crippen MR) is 82.6 cm³/mol. The van der Waals surface area contributed by atoms with Gasteiger partial charge in [-0.3, -0.25) is 8.98 Å². The first-order valence-electron chi connectivity index (χ1n) is 7.39. The number of hydrogen-bond acceptors (Lipinski definition) is 4. The van der Waals surface area contributed by atoms with Gasteiger partial charge in [-0.1, -0.05) is 44.4 Å². The lowest BCUT2D eigenvalue weighted by molar-refractivity contribution is -0.125. The van der Waals surface area contributed by atoms with Crippen molar-refractivity contribution in [3.8, 4) is 0 Å². The van der Waals surface area contributed by atoms with Crippen LogP contribution in [0.1, 0.15) is 45.1 Å². The van der Waals surface area contributed by atoms with Crippen molar-refractivity contribution in [2.45, 2.75) is 51.3 Å². The summed E-state index contributed by atoms with van der Waals surface area (Å²) in [5.41, 5.74) is 0.969. The van der Waals surface area contributed by atoms with Crippen LogP contribution in [0.2, 0.25) is 0 Å². The maximum atomic E-state index is 12.1. The van der Waals surface area contributed by atoms with Crippen LogP contribution in [0.3, 0.4) is 0 Å². The van der Waals surface area contributed by atoms with Crippen LogP contribution in [0.15, 0.2) is 29.2 Å². The molecule has 0 spiro atoms. The molecule has 0 heterocycles. The number of hydrogen-bond donors (Lipinski definition) is 0. The molecule has 0 atom stereocenters. The van der Waals surface area contributed by atoms with E-state index in [0.29, 0.717) is 0 Å². The van der Waals surface area contributed by atoms with Crippen molar-refractivity contribution in [3.63, 3.8) is 0 Å². The lowest BCUT2D eigenvalue weighted by Gasteiger charge is -2.14. The fourth-order valence-corrected chi connectivity index (χ4v) is 3.07. The summed E-state index contributed by atoms with van der Waals surface area (Å²) in [4.78, 5) is 12.2. The Bertz CT molecular complexity index is 540. The third kappa shape index (κ3) is 5.59. The third-order valence-corrected chi connectivity index (χ3v) is 4.67. The molecule has 0 saturated heterocycles. The van der Waals surface area contributed by atoms with E-state index in [-0.39, 0.29) is 23.2 Å². The lowest BCUT2D eigenvalue weighted by Crippen LogP contribution is -2.22. The first-order valence-corrected chi connectivity index (χ1v) is 8.80. The predicted octanol–water partition coefficient (Wildman–Crippen LogP) is 3.49. The van der Waals surface area contributed by atoms with E-state index in [4.69, 9.17) is 4.18 Å². The van der Waals surface area contributed by atoms with Crippen molar-refractivity contribution in [2.75, 3.05) is 6.61 Å². The van der Waals surface area contributed by atoms with Gasteiger partial charge in [-0.2, -0.15) is 8.42 Å². The van der Waals surface area contributed by atoms with Crippen molar-refractivity contribution in [3.05, 3.63) is 29.8 Å². The Morgan fingerprint density at radius 2 is 1.62 bits per heavy atom. The number of rotatable bonds is 9. The Morgan fingerprint density at radius 1 is 1.10 bits per heavy atom. The number of ketones is 1. The minimum atomic E-state index is -3.86. The molecule has 0 fully saturated rings. The molecule has 1 rings (SSSR count). The molecular weight excluding hydrogens is 288 g/mol. The summed E-state index contributed by atoms with van der Waals surface area (Å²) in [5.74, 6) is -0.234. The van der Waals surface area contributed by atoms with E-state index in [9.17, 15) is 13.2 Å². The molecule has 1 aromatic carbocycles. The van der Waals surface area contributed by atoms with Gasteiger partial charge in [0.2, 0.25) is 0 Å². The molecule has 1 aromatic rings. The van der Waals surface area contributed by atoms with Crippen LogP contribution in [0.4, 0.5) is 0 Å². The molecule has 0 aromatic heterocycles. The Balaban J connectivity index is 2.68. The van der Waals surface area contributed by atoms with Crippen LogP contribution in [-0.4, -0.2) is 20.8 Å². The Kier molecular flexibility index (Phi) is 7.05. The van der Waals surface area contributed by atoms with Gasteiger partial charge in [0.15, 0.2) is 5.78 Å². The summed E-state index contributed by atoms with van der Waals surface area (Å²) in [6, 6.07) is 6.39. The van der Waals surface area contributed by atoms with Crippen LogP contribution in [-0.2, 0) is 19.1 Å². The number of carbonyl (C=O) groups is 1. The van der Waals surface area contributed by atoms with Crippen LogP contribution in [0.5, 0.6) is 0 Å². The third-order valence-electron chi connectivity index (χ3n) is 3.40. The normalized spacial score (nSPS) is 11.8. The standard InChI is InChI=1S/C16H24O4S/c1-4-6-14(7-5-2)16(17)12-20-21(18,19)15-10-8-13(3)9-11-15/h8-11,14H,4-7,12H2,1-3H3. The van der Waals surface area contributed by atoms with Gasteiger partial charge in [0.05, 0.1) is 4.90 Å². The van der Waals surface area contributed by atoms with E-state index in [1.54, 1.807) is 12.1 Å². The second-order valence-electron chi connectivity index (χ2n) is 5.27. The molecule has 0 amide bonds. The molecule has 0 N–H and O–H groups in total. The van der Waals surface area contributed by atoms with Crippen LogP contribution in [0.25, 0.3) is 0 Å². The highest BCUT2D eigenvalue weighted by Crippen LogP contribution is 2.17. The molecule has 0 bridgehead atoms. The number of benzene rings is 1. The summed E-state index contributed by atoms with van der Waals surface area (Å²) in [7, 11) is -3.86. The molecule has 0 unspecified atom stereocenters. The fourth-order valence-electron chi connectivity index (χ4n) is 2.19. The summed E-state index contributed by atoms with van der Waals surface area (Å²) >= 11 is 0. The summed E-state index contributed by atoms with van der Waals surface area (Å²) in [6.07, 6.45) is 3.36. The van der Waals surface area contributed by atoms with Gasteiger partial charge in [-0.05, 0) is 31.9 Å². The van der Waals surface area contributed by atoms with Gasteiger partial charge in [0.1, 0.15) is 6.61 Å².